The van der Waals surface area contributed by atoms with Gasteiger partial charge in [0.2, 0.25) is 5.95 Å². The van der Waals surface area contributed by atoms with Crippen LogP contribution in [-0.2, 0) is 11.2 Å². The predicted octanol–water partition coefficient (Wildman–Crippen LogP) is 1.83. The molecule has 0 aromatic carbocycles. The number of dihydropyridines is 1. The van der Waals surface area contributed by atoms with Crippen molar-refractivity contribution in [2.24, 2.45) is 0 Å². The molecule has 111 valence electrons. The first kappa shape index (κ1) is 13.9. The molecule has 0 saturated carbocycles. The van der Waals surface area contributed by atoms with E-state index >= 15 is 0 Å². The van der Waals surface area contributed by atoms with E-state index in [9.17, 15) is 0 Å². The van der Waals surface area contributed by atoms with Crippen LogP contribution >= 0.6 is 0 Å². The maximum Gasteiger partial charge on any atom is 0.225 e. The van der Waals surface area contributed by atoms with Gasteiger partial charge in [0.15, 0.2) is 0 Å². The van der Waals surface area contributed by atoms with E-state index in [1.54, 1.807) is 0 Å². The third-order valence-electron chi connectivity index (χ3n) is 3.86. The molecule has 3 heterocycles. The Morgan fingerprint density at radius 2 is 2.10 bits per heavy atom. The van der Waals surface area contributed by atoms with Crippen molar-refractivity contribution < 1.29 is 4.74 Å². The molecule has 3 rings (SSSR count). The molecule has 0 unspecified atom stereocenters. The minimum atomic E-state index is 0.288. The van der Waals surface area contributed by atoms with Crippen molar-refractivity contribution in [2.75, 3.05) is 24.5 Å². The Labute approximate surface area is 125 Å². The Hall–Kier alpha value is -2.04. The average Bonchev–Trinajstić information content (AvgIpc) is 2.57. The van der Waals surface area contributed by atoms with Gasteiger partial charge in [0.1, 0.15) is 11.9 Å². The van der Waals surface area contributed by atoms with Crippen molar-refractivity contribution in [1.29, 1.82) is 0 Å². The lowest BCUT2D eigenvalue weighted by molar-refractivity contribution is 0.0900. The van der Waals surface area contributed by atoms with E-state index in [0.29, 0.717) is 0 Å². The summed E-state index contributed by atoms with van der Waals surface area (Å²) in [5.74, 6) is 1.83. The first-order valence-corrected chi connectivity index (χ1v) is 7.58. The zero-order chi connectivity index (χ0) is 14.5. The lowest BCUT2D eigenvalue weighted by atomic mass is 10.1. The molecule has 2 aliphatic rings. The van der Waals surface area contributed by atoms with Crippen LogP contribution in [0.5, 0.6) is 0 Å². The van der Waals surface area contributed by atoms with Crippen molar-refractivity contribution in [2.45, 2.75) is 32.3 Å². The molecule has 0 bridgehead atoms. The lowest BCUT2D eigenvalue weighted by Crippen LogP contribution is -2.38. The van der Waals surface area contributed by atoms with Crippen molar-refractivity contribution in [1.82, 2.24) is 15.3 Å². The number of hydrogen-bond acceptors (Lipinski definition) is 5. The molecule has 1 radical (unpaired) electrons. The zero-order valence-electron chi connectivity index (χ0n) is 12.4. The molecule has 1 N–H and O–H groups in total. The van der Waals surface area contributed by atoms with Gasteiger partial charge in [0.05, 0.1) is 12.7 Å². The summed E-state index contributed by atoms with van der Waals surface area (Å²) in [6.45, 7) is 4.73. The van der Waals surface area contributed by atoms with Crippen LogP contribution in [0.3, 0.4) is 0 Å². The number of nitrogens with one attached hydrogen (secondary N) is 1. The summed E-state index contributed by atoms with van der Waals surface area (Å²) in [7, 11) is 0. The Kier molecular flexibility index (Phi) is 4.38. The molecule has 0 spiro atoms. The van der Waals surface area contributed by atoms with Crippen molar-refractivity contribution in [3.63, 3.8) is 0 Å². The van der Waals surface area contributed by atoms with Crippen LogP contribution in [0, 0.1) is 6.20 Å². The SMILES string of the molecule is CCc1cnc(N2CCC(OC3=CC=[C]NC3)CC2)nc1. The van der Waals surface area contributed by atoms with E-state index in [1.807, 2.05) is 24.5 Å². The van der Waals surface area contributed by atoms with Gasteiger partial charge in [0, 0.05) is 38.3 Å². The van der Waals surface area contributed by atoms with E-state index in [-0.39, 0.29) is 6.10 Å². The van der Waals surface area contributed by atoms with Gasteiger partial charge < -0.3 is 15.0 Å². The number of rotatable bonds is 4. The van der Waals surface area contributed by atoms with Gasteiger partial charge in [-0.1, -0.05) is 6.92 Å². The smallest absolute Gasteiger partial charge is 0.225 e. The molecular weight excluding hydrogens is 264 g/mol. The van der Waals surface area contributed by atoms with Crippen molar-refractivity contribution >= 4 is 5.95 Å². The van der Waals surface area contributed by atoms with Gasteiger partial charge in [0.25, 0.3) is 0 Å². The van der Waals surface area contributed by atoms with Crippen LogP contribution in [0.25, 0.3) is 0 Å². The summed E-state index contributed by atoms with van der Waals surface area (Å²) in [5, 5.41) is 3.04. The quantitative estimate of drug-likeness (QED) is 0.914. The van der Waals surface area contributed by atoms with Gasteiger partial charge >= 0.3 is 0 Å². The third-order valence-corrected chi connectivity index (χ3v) is 3.86. The van der Waals surface area contributed by atoms with Crippen LogP contribution in [0.1, 0.15) is 25.3 Å². The van der Waals surface area contributed by atoms with E-state index in [1.165, 1.54) is 5.56 Å². The highest BCUT2D eigenvalue weighted by Crippen LogP contribution is 2.20. The number of aromatic nitrogens is 2. The van der Waals surface area contributed by atoms with E-state index < -0.39 is 0 Å². The highest BCUT2D eigenvalue weighted by molar-refractivity contribution is 5.30. The molecule has 1 aromatic rings. The first-order chi connectivity index (χ1) is 10.3. The summed E-state index contributed by atoms with van der Waals surface area (Å²) in [6.07, 6.45) is 13.9. The van der Waals surface area contributed by atoms with E-state index in [2.05, 4.69) is 33.3 Å². The molecule has 5 nitrogen and oxygen atoms in total. The van der Waals surface area contributed by atoms with E-state index in [4.69, 9.17) is 4.74 Å². The summed E-state index contributed by atoms with van der Waals surface area (Å²) >= 11 is 0. The Bertz CT molecular complexity index is 516. The summed E-state index contributed by atoms with van der Waals surface area (Å²) < 4.78 is 6.01. The summed E-state index contributed by atoms with van der Waals surface area (Å²) in [6, 6.07) is 0. The molecule has 21 heavy (non-hydrogen) atoms. The number of hydrogen-bond donors (Lipinski definition) is 1. The Balaban J connectivity index is 1.52. The number of aryl methyl sites for hydroxylation is 1. The second-order valence-corrected chi connectivity index (χ2v) is 5.35. The lowest BCUT2D eigenvalue weighted by Gasteiger charge is -2.32. The fourth-order valence-electron chi connectivity index (χ4n) is 2.55. The summed E-state index contributed by atoms with van der Waals surface area (Å²) in [5.41, 5.74) is 1.18. The van der Waals surface area contributed by atoms with Crippen molar-refractivity contribution in [3.8, 4) is 0 Å². The van der Waals surface area contributed by atoms with Gasteiger partial charge in [-0.05, 0) is 24.1 Å². The molecule has 5 heteroatoms. The normalized spacial score (nSPS) is 19.1. The fourth-order valence-corrected chi connectivity index (χ4v) is 2.55. The minimum absolute atomic E-state index is 0.288. The van der Waals surface area contributed by atoms with Crippen LogP contribution < -0.4 is 10.2 Å². The molecule has 0 aliphatic carbocycles. The maximum atomic E-state index is 6.01. The Morgan fingerprint density at radius 3 is 2.71 bits per heavy atom. The summed E-state index contributed by atoms with van der Waals surface area (Å²) in [4.78, 5) is 11.1. The minimum Gasteiger partial charge on any atom is -0.493 e. The van der Waals surface area contributed by atoms with Crippen LogP contribution in [0.2, 0.25) is 0 Å². The van der Waals surface area contributed by atoms with Gasteiger partial charge in [-0.15, -0.1) is 0 Å². The zero-order valence-corrected chi connectivity index (χ0v) is 12.4. The topological polar surface area (TPSA) is 50.3 Å². The van der Waals surface area contributed by atoms with Crippen LogP contribution in [0.4, 0.5) is 5.95 Å². The largest absolute Gasteiger partial charge is 0.493 e. The Morgan fingerprint density at radius 1 is 1.33 bits per heavy atom. The fraction of sp³-hybridized carbons (Fsp3) is 0.500. The maximum absolute atomic E-state index is 6.01. The monoisotopic (exact) mass is 285 g/mol. The molecule has 1 aromatic heterocycles. The van der Waals surface area contributed by atoms with Gasteiger partial charge in [-0.3, -0.25) is 0 Å². The second-order valence-electron chi connectivity index (χ2n) is 5.35. The van der Waals surface area contributed by atoms with Gasteiger partial charge in [-0.2, -0.15) is 0 Å². The van der Waals surface area contributed by atoms with Gasteiger partial charge in [-0.25, -0.2) is 9.97 Å². The molecule has 0 atom stereocenters. The molecule has 1 fully saturated rings. The molecule has 1 saturated heterocycles. The highest BCUT2D eigenvalue weighted by Gasteiger charge is 2.22. The average molecular weight is 285 g/mol. The predicted molar refractivity (Wildman–Crippen MR) is 81.6 cm³/mol. The first-order valence-electron chi connectivity index (χ1n) is 7.58. The van der Waals surface area contributed by atoms with E-state index in [0.717, 1.165) is 50.6 Å². The number of nitrogens with zero attached hydrogens (tertiary/aromatic N) is 3. The third kappa shape index (κ3) is 3.54. The number of ether oxygens (including phenoxy) is 1. The molecule has 0 amide bonds. The molecular formula is C16H21N4O. The van der Waals surface area contributed by atoms with Crippen molar-refractivity contribution in [3.05, 3.63) is 42.1 Å². The van der Waals surface area contributed by atoms with Crippen LogP contribution in [-0.4, -0.2) is 35.7 Å². The van der Waals surface area contributed by atoms with Crippen LogP contribution in [0.15, 0.2) is 30.3 Å². The molecule has 2 aliphatic heterocycles. The number of piperidine rings is 1. The highest BCUT2D eigenvalue weighted by atomic mass is 16.5. The number of allylic oxidation sites excluding steroid dienone is 2. The number of anilines is 1. The standard InChI is InChI=1S/C16H21N4O/c1-2-13-10-18-16(19-11-13)20-8-5-14(6-9-20)21-15-4-3-7-17-12-15/h3-4,10-11,14,17H,2,5-6,8-9,12H2,1H3. The second kappa shape index (κ2) is 6.61.